The van der Waals surface area contributed by atoms with Crippen molar-refractivity contribution in [3.05, 3.63) is 65.5 Å². The predicted octanol–water partition coefficient (Wildman–Crippen LogP) is 4.16. The highest BCUT2D eigenvalue weighted by Crippen LogP contribution is 2.37. The second-order valence-corrected chi connectivity index (χ2v) is 11.1. The van der Waals surface area contributed by atoms with E-state index < -0.39 is 0 Å². The Kier molecular flexibility index (Phi) is 7.69. The minimum atomic E-state index is 0.0755. The smallest absolute Gasteiger partial charge is 0.227 e. The Morgan fingerprint density at radius 3 is 2.48 bits per heavy atom. The van der Waals surface area contributed by atoms with Crippen molar-refractivity contribution in [2.75, 3.05) is 82.9 Å². The van der Waals surface area contributed by atoms with Gasteiger partial charge < -0.3 is 24.0 Å². The molecule has 2 aromatic carbocycles. The van der Waals surface area contributed by atoms with Gasteiger partial charge in [-0.1, -0.05) is 41.6 Å². The lowest BCUT2D eigenvalue weighted by molar-refractivity contribution is 0.0939. The maximum absolute atomic E-state index is 5.99. The summed E-state index contributed by atoms with van der Waals surface area (Å²) in [5.74, 6) is 2.58. The zero-order valence-corrected chi connectivity index (χ0v) is 24.0. The van der Waals surface area contributed by atoms with Crippen LogP contribution in [0.1, 0.15) is 23.1 Å². The number of anilines is 2. The fourth-order valence-electron chi connectivity index (χ4n) is 5.83. The summed E-state index contributed by atoms with van der Waals surface area (Å²) in [6.45, 7) is 12.0. The first kappa shape index (κ1) is 26.7. The molecule has 2 fully saturated rings. The number of piperazine rings is 1. The first-order chi connectivity index (χ1) is 19.5. The number of rotatable bonds is 7. The van der Waals surface area contributed by atoms with Gasteiger partial charge in [-0.2, -0.15) is 4.98 Å². The number of aromatic nitrogens is 3. The number of fused-ring (bicyclic) bond motifs is 1. The SMILES string of the molecule is Cc1noc(C)c1-c1ccc2nc(N3CCN(CCN(C)C)CC3)nc(N3CCOCC3c3ccccc3)c2c1. The van der Waals surface area contributed by atoms with E-state index in [1.807, 2.05) is 13.8 Å². The van der Waals surface area contributed by atoms with Gasteiger partial charge in [0, 0.05) is 56.8 Å². The Morgan fingerprint density at radius 2 is 1.75 bits per heavy atom. The first-order valence-corrected chi connectivity index (χ1v) is 14.2. The fraction of sp³-hybridized carbons (Fsp3) is 0.452. The average Bonchev–Trinajstić information content (AvgIpc) is 3.33. The van der Waals surface area contributed by atoms with Gasteiger partial charge in [0.05, 0.1) is 30.5 Å². The van der Waals surface area contributed by atoms with E-state index in [0.717, 1.165) is 91.1 Å². The summed E-state index contributed by atoms with van der Waals surface area (Å²) in [6.07, 6.45) is 0. The number of benzene rings is 2. The largest absolute Gasteiger partial charge is 0.377 e. The van der Waals surface area contributed by atoms with Gasteiger partial charge in [0.2, 0.25) is 5.95 Å². The summed E-state index contributed by atoms with van der Waals surface area (Å²) in [7, 11) is 4.26. The fourth-order valence-corrected chi connectivity index (χ4v) is 5.83. The van der Waals surface area contributed by atoms with Crippen LogP contribution in [0.3, 0.4) is 0 Å². The lowest BCUT2D eigenvalue weighted by Crippen LogP contribution is -2.48. The molecule has 0 aliphatic carbocycles. The van der Waals surface area contributed by atoms with E-state index in [9.17, 15) is 0 Å². The molecule has 2 aliphatic rings. The maximum atomic E-state index is 5.99. The van der Waals surface area contributed by atoms with E-state index >= 15 is 0 Å². The highest BCUT2D eigenvalue weighted by molar-refractivity contribution is 5.94. The van der Waals surface area contributed by atoms with E-state index in [1.54, 1.807) is 0 Å². The van der Waals surface area contributed by atoms with Crippen LogP contribution in [-0.2, 0) is 4.74 Å². The van der Waals surface area contributed by atoms with E-state index in [-0.39, 0.29) is 6.04 Å². The third kappa shape index (κ3) is 5.41. The van der Waals surface area contributed by atoms with Crippen molar-refractivity contribution >= 4 is 22.7 Å². The number of aryl methyl sites for hydroxylation is 2. The molecule has 6 rings (SSSR count). The van der Waals surface area contributed by atoms with Crippen molar-refractivity contribution in [2.45, 2.75) is 19.9 Å². The summed E-state index contributed by atoms with van der Waals surface area (Å²) in [6, 6.07) is 17.1. The van der Waals surface area contributed by atoms with Gasteiger partial charge in [0.15, 0.2) is 0 Å². The zero-order valence-electron chi connectivity index (χ0n) is 24.0. The Bertz CT molecular complexity index is 1430. The standard InChI is InChI=1S/C31H39N7O2/c1-22-29(23(2)40-34-22)25-10-11-27-26(20-25)30(38-18-19-39-21-28(38)24-8-6-5-7-9-24)33-31(32-27)37-16-14-36(15-17-37)13-12-35(3)4/h5-11,20,28H,12-19,21H2,1-4H3. The van der Waals surface area contributed by atoms with Crippen molar-refractivity contribution in [2.24, 2.45) is 0 Å². The van der Waals surface area contributed by atoms with Crippen LogP contribution in [0.2, 0.25) is 0 Å². The zero-order chi connectivity index (χ0) is 27.6. The Labute approximate surface area is 236 Å². The molecule has 2 aliphatic heterocycles. The van der Waals surface area contributed by atoms with E-state index in [4.69, 9.17) is 19.2 Å². The Morgan fingerprint density at radius 1 is 0.950 bits per heavy atom. The molecular formula is C31H39N7O2. The highest BCUT2D eigenvalue weighted by Gasteiger charge is 2.29. The molecule has 40 heavy (non-hydrogen) atoms. The average molecular weight is 542 g/mol. The Balaban J connectivity index is 1.41. The van der Waals surface area contributed by atoms with Crippen LogP contribution < -0.4 is 9.80 Å². The molecule has 1 atom stereocenters. The van der Waals surface area contributed by atoms with Gasteiger partial charge in [0.1, 0.15) is 11.6 Å². The molecule has 0 radical (unpaired) electrons. The second-order valence-electron chi connectivity index (χ2n) is 11.1. The number of likely N-dealkylation sites (N-methyl/N-ethyl adjacent to an activating group) is 1. The van der Waals surface area contributed by atoms with Crippen molar-refractivity contribution in [1.82, 2.24) is 24.9 Å². The molecule has 4 heterocycles. The van der Waals surface area contributed by atoms with Crippen LogP contribution in [0.5, 0.6) is 0 Å². The molecule has 1 unspecified atom stereocenters. The topological polar surface area (TPSA) is 74.0 Å². The molecule has 0 spiro atoms. The van der Waals surface area contributed by atoms with E-state index in [2.05, 4.69) is 87.4 Å². The summed E-state index contributed by atoms with van der Waals surface area (Å²) in [5.41, 5.74) is 5.17. The monoisotopic (exact) mass is 541 g/mol. The normalized spacial score (nSPS) is 18.7. The summed E-state index contributed by atoms with van der Waals surface area (Å²) >= 11 is 0. The minimum Gasteiger partial charge on any atom is -0.377 e. The lowest BCUT2D eigenvalue weighted by Gasteiger charge is -2.39. The third-order valence-electron chi connectivity index (χ3n) is 8.09. The van der Waals surface area contributed by atoms with Crippen LogP contribution in [0.15, 0.2) is 53.1 Å². The minimum absolute atomic E-state index is 0.0755. The summed E-state index contributed by atoms with van der Waals surface area (Å²) in [5, 5.41) is 5.23. The van der Waals surface area contributed by atoms with Gasteiger partial charge in [0.25, 0.3) is 0 Å². The van der Waals surface area contributed by atoms with Crippen molar-refractivity contribution in [3.8, 4) is 11.1 Å². The molecule has 0 N–H and O–H groups in total. The van der Waals surface area contributed by atoms with E-state index in [1.165, 1.54) is 5.56 Å². The Hall–Kier alpha value is -3.53. The third-order valence-corrected chi connectivity index (χ3v) is 8.09. The number of hydrogen-bond donors (Lipinski definition) is 0. The predicted molar refractivity (Wildman–Crippen MR) is 159 cm³/mol. The molecule has 0 saturated carbocycles. The quantitative estimate of drug-likeness (QED) is 0.343. The van der Waals surface area contributed by atoms with Crippen molar-refractivity contribution < 1.29 is 9.26 Å². The van der Waals surface area contributed by atoms with Crippen LogP contribution in [0.25, 0.3) is 22.0 Å². The van der Waals surface area contributed by atoms with Crippen molar-refractivity contribution in [3.63, 3.8) is 0 Å². The molecular weight excluding hydrogens is 502 g/mol. The van der Waals surface area contributed by atoms with Gasteiger partial charge in [-0.3, -0.25) is 4.90 Å². The van der Waals surface area contributed by atoms with Gasteiger partial charge in [-0.15, -0.1) is 0 Å². The van der Waals surface area contributed by atoms with Gasteiger partial charge in [-0.25, -0.2) is 4.98 Å². The molecule has 2 aromatic heterocycles. The van der Waals surface area contributed by atoms with Crippen LogP contribution in [-0.4, -0.2) is 98.0 Å². The van der Waals surface area contributed by atoms with Gasteiger partial charge in [-0.05, 0) is 51.2 Å². The van der Waals surface area contributed by atoms with Crippen LogP contribution in [0.4, 0.5) is 11.8 Å². The molecule has 4 aromatic rings. The van der Waals surface area contributed by atoms with Crippen molar-refractivity contribution in [1.29, 1.82) is 0 Å². The lowest BCUT2D eigenvalue weighted by atomic mass is 10.0. The number of hydrogen-bond acceptors (Lipinski definition) is 9. The summed E-state index contributed by atoms with van der Waals surface area (Å²) in [4.78, 5) is 19.9. The number of nitrogens with zero attached hydrogens (tertiary/aromatic N) is 7. The highest BCUT2D eigenvalue weighted by atomic mass is 16.5. The summed E-state index contributed by atoms with van der Waals surface area (Å²) < 4.78 is 11.5. The molecule has 0 amide bonds. The van der Waals surface area contributed by atoms with Gasteiger partial charge >= 0.3 is 0 Å². The maximum Gasteiger partial charge on any atom is 0.227 e. The molecule has 210 valence electrons. The molecule has 0 bridgehead atoms. The molecule has 9 heteroatoms. The van der Waals surface area contributed by atoms with E-state index in [0.29, 0.717) is 13.2 Å². The molecule has 9 nitrogen and oxygen atoms in total. The first-order valence-electron chi connectivity index (χ1n) is 14.2. The molecule has 2 saturated heterocycles. The second kappa shape index (κ2) is 11.5. The number of morpholine rings is 1. The van der Waals surface area contributed by atoms with Crippen LogP contribution >= 0.6 is 0 Å². The number of ether oxygens (including phenoxy) is 1. The van der Waals surface area contributed by atoms with Crippen LogP contribution in [0, 0.1) is 13.8 Å².